The maximum atomic E-state index is 11.3. The van der Waals surface area contributed by atoms with Crippen molar-refractivity contribution in [1.29, 1.82) is 0 Å². The second-order valence-electron chi connectivity index (χ2n) is 4.82. The largest absolute Gasteiger partial charge is 0.316 e. The summed E-state index contributed by atoms with van der Waals surface area (Å²) in [5.41, 5.74) is 5.39. The Hall–Kier alpha value is -1.72. The minimum Gasteiger partial charge on any atom is -0.316 e. The Balaban J connectivity index is 0.00000116. The van der Waals surface area contributed by atoms with Gasteiger partial charge in [-0.2, -0.15) is 5.10 Å². The first-order valence-corrected chi connectivity index (χ1v) is 7.73. The molecule has 22 heavy (non-hydrogen) atoms. The van der Waals surface area contributed by atoms with E-state index in [1.165, 1.54) is 0 Å². The van der Waals surface area contributed by atoms with Crippen molar-refractivity contribution < 1.29 is 9.59 Å². The topological polar surface area (TPSA) is 70.6 Å². The highest BCUT2D eigenvalue weighted by atomic mass is 35.5. The molecule has 120 valence electrons. The fourth-order valence-corrected chi connectivity index (χ4v) is 2.58. The minimum absolute atomic E-state index is 0.0179. The van der Waals surface area contributed by atoms with E-state index in [-0.39, 0.29) is 11.8 Å². The Bertz CT molecular complexity index is 585. The molecule has 0 saturated carbocycles. The predicted octanol–water partition coefficient (Wildman–Crippen LogP) is 2.76. The number of nitrogens with zero attached hydrogens (tertiary/aromatic N) is 1. The van der Waals surface area contributed by atoms with Crippen molar-refractivity contribution in [2.24, 2.45) is 11.0 Å². The fraction of sp³-hybridized carbons (Fsp3) is 0.438. The number of carbonyl (C=O) groups is 2. The van der Waals surface area contributed by atoms with Crippen LogP contribution in [0.5, 0.6) is 0 Å². The van der Waals surface area contributed by atoms with Crippen LogP contribution < -0.4 is 10.7 Å². The number of amides is 1. The summed E-state index contributed by atoms with van der Waals surface area (Å²) in [6.07, 6.45) is 1.15. The molecule has 0 saturated heterocycles. The van der Waals surface area contributed by atoms with Crippen molar-refractivity contribution in [2.45, 2.75) is 33.7 Å². The molecule has 2 rings (SSSR count). The maximum absolute atomic E-state index is 11.3. The number of hydrazone groups is 1. The lowest BCUT2D eigenvalue weighted by molar-refractivity contribution is -0.121. The van der Waals surface area contributed by atoms with Crippen LogP contribution in [-0.2, 0) is 11.3 Å². The highest BCUT2D eigenvalue weighted by molar-refractivity contribution is 6.33. The Morgan fingerprint density at radius 3 is 2.68 bits per heavy atom. The van der Waals surface area contributed by atoms with Crippen LogP contribution in [-0.4, -0.2) is 25.0 Å². The number of carbonyl (C=O) groups excluding carboxylic acids is 2. The van der Waals surface area contributed by atoms with E-state index in [0.29, 0.717) is 23.6 Å². The Morgan fingerprint density at radius 1 is 1.45 bits per heavy atom. The predicted molar refractivity (Wildman–Crippen MR) is 89.4 cm³/mol. The lowest BCUT2D eigenvalue weighted by atomic mass is 9.92. The van der Waals surface area contributed by atoms with Gasteiger partial charge in [0.1, 0.15) is 0 Å². The monoisotopic (exact) mass is 323 g/mol. The zero-order valence-corrected chi connectivity index (χ0v) is 14.1. The van der Waals surface area contributed by atoms with Gasteiger partial charge in [0.05, 0.1) is 10.7 Å². The highest BCUT2D eigenvalue weighted by Gasteiger charge is 2.23. The normalized spacial score (nSPS) is 17.0. The molecule has 1 unspecified atom stereocenters. The van der Waals surface area contributed by atoms with Gasteiger partial charge in [-0.3, -0.25) is 9.59 Å². The van der Waals surface area contributed by atoms with Gasteiger partial charge >= 0.3 is 0 Å². The Labute approximate surface area is 136 Å². The van der Waals surface area contributed by atoms with Crippen LogP contribution in [0.4, 0.5) is 0 Å². The molecule has 2 N–H and O–H groups in total. The Morgan fingerprint density at radius 2 is 2.14 bits per heavy atom. The average molecular weight is 324 g/mol. The third kappa shape index (κ3) is 4.15. The van der Waals surface area contributed by atoms with Crippen LogP contribution in [0.15, 0.2) is 17.2 Å². The first-order valence-electron chi connectivity index (χ1n) is 7.35. The van der Waals surface area contributed by atoms with Crippen LogP contribution in [0.2, 0.25) is 5.02 Å². The second kappa shape index (κ2) is 8.66. The molecule has 1 amide bonds. The van der Waals surface area contributed by atoms with E-state index in [2.05, 4.69) is 15.8 Å². The number of aldehydes is 1. The quantitative estimate of drug-likeness (QED) is 0.837. The van der Waals surface area contributed by atoms with Crippen LogP contribution in [0.1, 0.15) is 48.7 Å². The van der Waals surface area contributed by atoms with E-state index >= 15 is 0 Å². The van der Waals surface area contributed by atoms with Crippen molar-refractivity contribution in [2.75, 3.05) is 7.05 Å². The number of rotatable bonds is 4. The average Bonchev–Trinajstić information content (AvgIpc) is 2.49. The molecule has 1 aromatic carbocycles. The summed E-state index contributed by atoms with van der Waals surface area (Å²) in [6.45, 7) is 6.48. The zero-order chi connectivity index (χ0) is 16.7. The summed E-state index contributed by atoms with van der Waals surface area (Å²) < 4.78 is 0. The highest BCUT2D eigenvalue weighted by Crippen LogP contribution is 2.25. The minimum atomic E-state index is -0.0905. The lowest BCUT2D eigenvalue weighted by Crippen LogP contribution is -2.32. The first-order chi connectivity index (χ1) is 10.6. The summed E-state index contributed by atoms with van der Waals surface area (Å²) in [4.78, 5) is 22.4. The van der Waals surface area contributed by atoms with Gasteiger partial charge in [-0.1, -0.05) is 32.4 Å². The van der Waals surface area contributed by atoms with Gasteiger partial charge in [-0.05, 0) is 30.3 Å². The third-order valence-electron chi connectivity index (χ3n) is 3.26. The smallest absolute Gasteiger partial charge is 0.240 e. The van der Waals surface area contributed by atoms with E-state index in [0.717, 1.165) is 23.1 Å². The van der Waals surface area contributed by atoms with Crippen molar-refractivity contribution in [1.82, 2.24) is 10.7 Å². The van der Waals surface area contributed by atoms with Gasteiger partial charge in [-0.15, -0.1) is 0 Å². The summed E-state index contributed by atoms with van der Waals surface area (Å²) in [6, 6.07) is 3.61. The standard InChI is InChI=1S/C14H16ClN3O2.C2H6/c1-8-3-13(20)17-18-14(8)9-4-10(6-16-2)11(7-19)12(15)5-9;1-2/h4-5,7-8,16H,3,6H2,1-2H3,(H,17,20);1-2H3. The molecule has 0 radical (unpaired) electrons. The van der Waals surface area contributed by atoms with Crippen LogP contribution >= 0.6 is 11.6 Å². The third-order valence-corrected chi connectivity index (χ3v) is 3.57. The summed E-state index contributed by atoms with van der Waals surface area (Å²) in [7, 11) is 1.80. The number of benzene rings is 1. The Kier molecular flexibility index (Phi) is 7.21. The zero-order valence-electron chi connectivity index (χ0n) is 13.4. The molecule has 6 heteroatoms. The number of hydrogen-bond donors (Lipinski definition) is 2. The second-order valence-corrected chi connectivity index (χ2v) is 5.22. The van der Waals surface area contributed by atoms with Crippen molar-refractivity contribution in [3.05, 3.63) is 33.8 Å². The fourth-order valence-electron chi connectivity index (χ4n) is 2.29. The molecule has 0 fully saturated rings. The van der Waals surface area contributed by atoms with Crippen molar-refractivity contribution >= 4 is 29.5 Å². The van der Waals surface area contributed by atoms with Crippen LogP contribution in [0.25, 0.3) is 0 Å². The lowest BCUT2D eigenvalue weighted by Gasteiger charge is -2.20. The molecule has 1 aromatic rings. The molecular weight excluding hydrogens is 302 g/mol. The molecule has 0 spiro atoms. The molecular formula is C16H22ClN3O2. The van der Waals surface area contributed by atoms with Gasteiger partial charge < -0.3 is 5.32 Å². The maximum Gasteiger partial charge on any atom is 0.240 e. The van der Waals surface area contributed by atoms with Crippen LogP contribution in [0, 0.1) is 5.92 Å². The molecule has 1 aliphatic heterocycles. The summed E-state index contributed by atoms with van der Waals surface area (Å²) in [5, 5.41) is 7.51. The molecule has 0 bridgehead atoms. The van der Waals surface area contributed by atoms with Crippen molar-refractivity contribution in [3.8, 4) is 0 Å². The molecule has 0 aromatic heterocycles. The van der Waals surface area contributed by atoms with E-state index in [1.54, 1.807) is 13.1 Å². The van der Waals surface area contributed by atoms with Gasteiger partial charge in [0, 0.05) is 24.4 Å². The van der Waals surface area contributed by atoms with E-state index < -0.39 is 0 Å². The van der Waals surface area contributed by atoms with Gasteiger partial charge in [0.2, 0.25) is 5.91 Å². The molecule has 1 atom stereocenters. The summed E-state index contributed by atoms with van der Waals surface area (Å²) in [5.74, 6) is -0.0726. The molecule has 1 heterocycles. The molecule has 1 aliphatic rings. The SMILES string of the molecule is CC.CNCc1cc(C2=NNC(=O)CC2C)cc(Cl)c1C=O. The van der Waals surface area contributed by atoms with Crippen LogP contribution in [0.3, 0.4) is 0 Å². The summed E-state index contributed by atoms with van der Waals surface area (Å²) >= 11 is 6.16. The van der Waals surface area contributed by atoms with E-state index in [9.17, 15) is 9.59 Å². The van der Waals surface area contributed by atoms with E-state index in [4.69, 9.17) is 11.6 Å². The molecule has 5 nitrogen and oxygen atoms in total. The van der Waals surface area contributed by atoms with Gasteiger partial charge in [0.15, 0.2) is 6.29 Å². The van der Waals surface area contributed by atoms with Gasteiger partial charge in [0.25, 0.3) is 0 Å². The number of hydrogen-bond acceptors (Lipinski definition) is 4. The molecule has 0 aliphatic carbocycles. The van der Waals surface area contributed by atoms with Gasteiger partial charge in [-0.25, -0.2) is 5.43 Å². The first kappa shape index (κ1) is 18.3. The number of nitrogens with one attached hydrogen (secondary N) is 2. The van der Waals surface area contributed by atoms with Crippen molar-refractivity contribution in [3.63, 3.8) is 0 Å². The number of halogens is 1. The van der Waals surface area contributed by atoms with E-state index in [1.807, 2.05) is 26.8 Å².